The van der Waals surface area contributed by atoms with E-state index in [2.05, 4.69) is 0 Å². The lowest BCUT2D eigenvalue weighted by atomic mass is 9.99. The molecule has 2 heterocycles. The Balaban J connectivity index is 1.95. The van der Waals surface area contributed by atoms with E-state index in [1.54, 1.807) is 9.80 Å². The number of hydrogen-bond acceptors (Lipinski definition) is 3. The number of amides is 2. The first-order valence-corrected chi connectivity index (χ1v) is 6.91. The van der Waals surface area contributed by atoms with E-state index >= 15 is 0 Å². The van der Waals surface area contributed by atoms with Crippen molar-refractivity contribution in [2.75, 3.05) is 32.8 Å². The van der Waals surface area contributed by atoms with Crippen molar-refractivity contribution in [2.24, 2.45) is 11.8 Å². The number of rotatable bonds is 2. The van der Waals surface area contributed by atoms with Crippen molar-refractivity contribution < 1.29 is 19.4 Å². The Morgan fingerprint density at radius 2 is 2.00 bits per heavy atom. The number of carboxylic acids is 1. The summed E-state index contributed by atoms with van der Waals surface area (Å²) in [5, 5.41) is 9.10. The van der Waals surface area contributed by atoms with E-state index in [0.717, 1.165) is 6.42 Å². The van der Waals surface area contributed by atoms with Crippen molar-refractivity contribution in [3.05, 3.63) is 0 Å². The monoisotopic (exact) mass is 270 g/mol. The van der Waals surface area contributed by atoms with Crippen molar-refractivity contribution in [1.29, 1.82) is 0 Å². The fraction of sp³-hybridized carbons (Fsp3) is 0.846. The second-order valence-electron chi connectivity index (χ2n) is 5.46. The molecule has 6 heteroatoms. The Labute approximate surface area is 113 Å². The van der Waals surface area contributed by atoms with Gasteiger partial charge in [0.15, 0.2) is 0 Å². The summed E-state index contributed by atoms with van der Waals surface area (Å²) in [5.74, 6) is -1.23. The highest BCUT2D eigenvalue weighted by molar-refractivity contribution is 5.77. The van der Waals surface area contributed by atoms with Gasteiger partial charge in [-0.25, -0.2) is 4.79 Å². The number of carbonyl (C=O) groups excluding carboxylic acids is 1. The van der Waals surface area contributed by atoms with Gasteiger partial charge in [0, 0.05) is 26.2 Å². The summed E-state index contributed by atoms with van der Waals surface area (Å²) in [6.45, 7) is 6.55. The zero-order valence-electron chi connectivity index (χ0n) is 11.5. The lowest BCUT2D eigenvalue weighted by Crippen LogP contribution is -2.50. The van der Waals surface area contributed by atoms with Crippen LogP contribution in [0.1, 0.15) is 20.3 Å². The summed E-state index contributed by atoms with van der Waals surface area (Å²) >= 11 is 0. The van der Waals surface area contributed by atoms with E-state index in [-0.39, 0.29) is 18.1 Å². The lowest BCUT2D eigenvalue weighted by Gasteiger charge is -2.35. The molecule has 1 unspecified atom stereocenters. The van der Waals surface area contributed by atoms with Crippen molar-refractivity contribution >= 4 is 12.0 Å². The highest BCUT2D eigenvalue weighted by Gasteiger charge is 2.39. The van der Waals surface area contributed by atoms with Gasteiger partial charge in [0.05, 0.1) is 18.6 Å². The molecule has 6 nitrogen and oxygen atoms in total. The molecule has 19 heavy (non-hydrogen) atoms. The van der Waals surface area contributed by atoms with Crippen LogP contribution in [0.15, 0.2) is 0 Å². The van der Waals surface area contributed by atoms with E-state index in [4.69, 9.17) is 9.84 Å². The van der Waals surface area contributed by atoms with E-state index in [9.17, 15) is 9.59 Å². The fourth-order valence-corrected chi connectivity index (χ4v) is 2.78. The molecule has 2 aliphatic heterocycles. The average molecular weight is 270 g/mol. The third-order valence-corrected chi connectivity index (χ3v) is 4.06. The van der Waals surface area contributed by atoms with Crippen molar-refractivity contribution in [3.63, 3.8) is 0 Å². The Morgan fingerprint density at radius 1 is 1.26 bits per heavy atom. The number of likely N-dealkylation sites (tertiary alicyclic amines) is 1. The summed E-state index contributed by atoms with van der Waals surface area (Å²) < 4.78 is 5.54. The maximum absolute atomic E-state index is 12.4. The van der Waals surface area contributed by atoms with Gasteiger partial charge in [0.2, 0.25) is 0 Å². The van der Waals surface area contributed by atoms with Gasteiger partial charge < -0.3 is 19.6 Å². The smallest absolute Gasteiger partial charge is 0.320 e. The Morgan fingerprint density at radius 3 is 2.58 bits per heavy atom. The van der Waals surface area contributed by atoms with Crippen LogP contribution in [0.4, 0.5) is 4.79 Å². The molecule has 2 fully saturated rings. The predicted molar refractivity (Wildman–Crippen MR) is 68.9 cm³/mol. The van der Waals surface area contributed by atoms with Gasteiger partial charge in [0.1, 0.15) is 0 Å². The summed E-state index contributed by atoms with van der Waals surface area (Å²) in [4.78, 5) is 26.9. The SMILES string of the molecule is CCC1CN(C(=O)N2C[C@@H](C)[C@H](C(=O)O)C2)CCO1. The van der Waals surface area contributed by atoms with E-state index in [1.807, 2.05) is 13.8 Å². The molecule has 2 aliphatic rings. The molecule has 2 saturated heterocycles. The summed E-state index contributed by atoms with van der Waals surface area (Å²) in [5.41, 5.74) is 0. The Hall–Kier alpha value is -1.30. The minimum atomic E-state index is -0.809. The first-order chi connectivity index (χ1) is 9.02. The lowest BCUT2D eigenvalue weighted by molar-refractivity contribution is -0.142. The van der Waals surface area contributed by atoms with Crippen LogP contribution in [0.3, 0.4) is 0 Å². The number of hydrogen-bond donors (Lipinski definition) is 1. The van der Waals surface area contributed by atoms with Crippen molar-refractivity contribution in [3.8, 4) is 0 Å². The predicted octanol–water partition coefficient (Wildman–Crippen LogP) is 0.870. The number of aliphatic carboxylic acids is 1. The molecular weight excluding hydrogens is 248 g/mol. The van der Waals surface area contributed by atoms with Crippen LogP contribution >= 0.6 is 0 Å². The molecule has 0 aromatic heterocycles. The maximum Gasteiger partial charge on any atom is 0.320 e. The van der Waals surface area contributed by atoms with E-state index in [1.165, 1.54) is 0 Å². The highest BCUT2D eigenvalue weighted by atomic mass is 16.5. The number of morpholine rings is 1. The quantitative estimate of drug-likeness (QED) is 0.808. The summed E-state index contributed by atoms with van der Waals surface area (Å²) in [6.07, 6.45) is 0.991. The van der Waals surface area contributed by atoms with Gasteiger partial charge >= 0.3 is 12.0 Å². The van der Waals surface area contributed by atoms with Gasteiger partial charge in [-0.3, -0.25) is 4.79 Å². The Bertz CT molecular complexity index is 361. The van der Waals surface area contributed by atoms with Crippen LogP contribution in [0.25, 0.3) is 0 Å². The molecule has 0 aromatic carbocycles. The zero-order valence-corrected chi connectivity index (χ0v) is 11.5. The van der Waals surface area contributed by atoms with Crippen molar-refractivity contribution in [1.82, 2.24) is 9.80 Å². The number of carboxylic acid groups (broad SMARTS) is 1. The topological polar surface area (TPSA) is 70.1 Å². The minimum Gasteiger partial charge on any atom is -0.481 e. The van der Waals surface area contributed by atoms with Gasteiger partial charge in [-0.05, 0) is 12.3 Å². The largest absolute Gasteiger partial charge is 0.481 e. The minimum absolute atomic E-state index is 0.0180. The number of carbonyl (C=O) groups is 2. The molecular formula is C13H22N2O4. The number of urea groups is 1. The van der Waals surface area contributed by atoms with Crippen LogP contribution in [0, 0.1) is 11.8 Å². The molecule has 0 radical (unpaired) electrons. The first-order valence-electron chi connectivity index (χ1n) is 6.91. The average Bonchev–Trinajstić information content (AvgIpc) is 2.80. The Kier molecular flexibility index (Phi) is 4.29. The highest BCUT2D eigenvalue weighted by Crippen LogP contribution is 2.24. The second-order valence-corrected chi connectivity index (χ2v) is 5.46. The molecule has 1 N–H and O–H groups in total. The van der Waals surface area contributed by atoms with Gasteiger partial charge in [0.25, 0.3) is 0 Å². The van der Waals surface area contributed by atoms with Crippen LogP contribution in [0.5, 0.6) is 0 Å². The standard InChI is InChI=1S/C13H22N2O4/c1-3-10-7-14(4-5-19-10)13(18)15-6-9(2)11(8-15)12(16)17/h9-11H,3-8H2,1-2H3,(H,16,17)/t9-,10?,11-/m1/s1. The summed E-state index contributed by atoms with van der Waals surface area (Å²) in [7, 11) is 0. The molecule has 3 atom stereocenters. The fourth-order valence-electron chi connectivity index (χ4n) is 2.78. The van der Waals surface area contributed by atoms with Crippen LogP contribution in [-0.4, -0.2) is 65.8 Å². The number of nitrogens with zero attached hydrogens (tertiary/aromatic N) is 2. The maximum atomic E-state index is 12.4. The normalized spacial score (nSPS) is 31.6. The summed E-state index contributed by atoms with van der Waals surface area (Å²) in [6, 6.07) is -0.0441. The van der Waals surface area contributed by atoms with Crippen LogP contribution < -0.4 is 0 Å². The van der Waals surface area contributed by atoms with Crippen molar-refractivity contribution in [2.45, 2.75) is 26.4 Å². The molecule has 2 rings (SSSR count). The first kappa shape index (κ1) is 14.1. The zero-order chi connectivity index (χ0) is 14.0. The molecule has 0 spiro atoms. The van der Waals surface area contributed by atoms with Gasteiger partial charge in [-0.15, -0.1) is 0 Å². The third kappa shape index (κ3) is 3.00. The number of ether oxygens (including phenoxy) is 1. The van der Waals surface area contributed by atoms with E-state index < -0.39 is 11.9 Å². The molecule has 0 aromatic rings. The molecule has 0 saturated carbocycles. The molecule has 0 aliphatic carbocycles. The molecule has 2 amide bonds. The van der Waals surface area contributed by atoms with Crippen LogP contribution in [-0.2, 0) is 9.53 Å². The third-order valence-electron chi connectivity index (χ3n) is 4.06. The van der Waals surface area contributed by atoms with E-state index in [0.29, 0.717) is 32.8 Å². The second kappa shape index (κ2) is 5.77. The molecule has 108 valence electrons. The molecule has 0 bridgehead atoms. The van der Waals surface area contributed by atoms with Gasteiger partial charge in [-0.2, -0.15) is 0 Å². The van der Waals surface area contributed by atoms with Crippen LogP contribution in [0.2, 0.25) is 0 Å². The van der Waals surface area contributed by atoms with Gasteiger partial charge in [-0.1, -0.05) is 13.8 Å².